The fourth-order valence-electron chi connectivity index (χ4n) is 2.83. The molecule has 124 valence electrons. The number of aromatic nitrogens is 5. The molecule has 4 rings (SSSR count). The summed E-state index contributed by atoms with van der Waals surface area (Å²) in [5.41, 5.74) is 1.87. The molecule has 1 fully saturated rings. The zero-order valence-corrected chi connectivity index (χ0v) is 14.5. The Kier molecular flexibility index (Phi) is 3.49. The summed E-state index contributed by atoms with van der Waals surface area (Å²) in [6.07, 6.45) is 2.84. The number of nitrogens with one attached hydrogen (secondary N) is 1. The average molecular weight is 342 g/mol. The van der Waals surface area contributed by atoms with Gasteiger partial charge in [0.15, 0.2) is 0 Å². The summed E-state index contributed by atoms with van der Waals surface area (Å²) in [5, 5.41) is 15.8. The normalized spacial score (nSPS) is 20.1. The summed E-state index contributed by atoms with van der Waals surface area (Å²) in [4.78, 5) is 0. The van der Waals surface area contributed by atoms with E-state index >= 15 is 0 Å². The number of hydrogen-bond acceptors (Lipinski definition) is 5. The molecule has 0 aromatic carbocycles. The van der Waals surface area contributed by atoms with E-state index in [4.69, 9.17) is 16.6 Å². The summed E-state index contributed by atoms with van der Waals surface area (Å²) in [5.74, 6) is 3.50. The Hall–Kier alpha value is -2.48. The van der Waals surface area contributed by atoms with Gasteiger partial charge in [0.1, 0.15) is 11.5 Å². The zero-order chi connectivity index (χ0) is 16.8. The number of rotatable bonds is 4. The maximum atomic E-state index is 5.84. The van der Waals surface area contributed by atoms with Crippen molar-refractivity contribution in [2.24, 2.45) is 11.0 Å². The van der Waals surface area contributed by atoms with Gasteiger partial charge in [0.05, 0.1) is 11.9 Å². The number of aromatic amines is 1. The second-order valence-corrected chi connectivity index (χ2v) is 6.67. The molecule has 3 heterocycles. The van der Waals surface area contributed by atoms with E-state index in [1.807, 2.05) is 32.0 Å². The molecule has 8 heteroatoms. The Morgan fingerprint density at radius 2 is 2.21 bits per heavy atom. The lowest BCUT2D eigenvalue weighted by Crippen LogP contribution is -2.07. The van der Waals surface area contributed by atoms with Crippen LogP contribution in [0.2, 0.25) is 0 Å². The highest BCUT2D eigenvalue weighted by atomic mass is 32.1. The maximum Gasteiger partial charge on any atom is 0.271 e. The number of hydrogen-bond donors (Lipinski definition) is 1. The first-order valence-corrected chi connectivity index (χ1v) is 8.29. The largest absolute Gasteiger partial charge is 0.460 e. The van der Waals surface area contributed by atoms with Crippen LogP contribution >= 0.6 is 12.2 Å². The van der Waals surface area contributed by atoms with Gasteiger partial charge in [0, 0.05) is 11.6 Å². The van der Waals surface area contributed by atoms with E-state index in [1.54, 1.807) is 10.9 Å². The Bertz CT molecular complexity index is 975. The minimum Gasteiger partial charge on any atom is -0.460 e. The van der Waals surface area contributed by atoms with Crippen molar-refractivity contribution in [3.63, 3.8) is 0 Å². The Balaban J connectivity index is 1.65. The SMILES string of the molecule is Cc1cc(C)n(-c2n[nH]c(=S)n2/N=C\c2ccc([C@@H]3C[C@@H]3C)o2)n1. The molecular formula is C16H18N6OS. The minimum atomic E-state index is 0.399. The summed E-state index contributed by atoms with van der Waals surface area (Å²) >= 11 is 5.27. The predicted octanol–water partition coefficient (Wildman–Crippen LogP) is 3.34. The minimum absolute atomic E-state index is 0.399. The smallest absolute Gasteiger partial charge is 0.271 e. The highest BCUT2D eigenvalue weighted by molar-refractivity contribution is 7.71. The molecule has 3 aromatic rings. The summed E-state index contributed by atoms with van der Waals surface area (Å²) in [7, 11) is 0. The Morgan fingerprint density at radius 1 is 1.42 bits per heavy atom. The van der Waals surface area contributed by atoms with E-state index in [1.165, 1.54) is 11.1 Å². The van der Waals surface area contributed by atoms with E-state index in [0.29, 0.717) is 28.3 Å². The second-order valence-electron chi connectivity index (χ2n) is 6.28. The van der Waals surface area contributed by atoms with Crippen molar-refractivity contribution in [2.45, 2.75) is 33.1 Å². The third kappa shape index (κ3) is 2.62. The maximum absolute atomic E-state index is 5.84. The molecule has 0 saturated heterocycles. The van der Waals surface area contributed by atoms with Gasteiger partial charge in [-0.05, 0) is 56.6 Å². The highest BCUT2D eigenvalue weighted by Crippen LogP contribution is 2.47. The number of nitrogens with zero attached hydrogens (tertiary/aromatic N) is 5. The Morgan fingerprint density at radius 3 is 2.88 bits per heavy atom. The van der Waals surface area contributed by atoms with Gasteiger partial charge in [-0.3, -0.25) is 0 Å². The van der Waals surface area contributed by atoms with Gasteiger partial charge in [-0.25, -0.2) is 9.78 Å². The van der Waals surface area contributed by atoms with Crippen LogP contribution in [-0.4, -0.2) is 30.9 Å². The van der Waals surface area contributed by atoms with E-state index in [0.717, 1.165) is 17.1 Å². The van der Waals surface area contributed by atoms with Gasteiger partial charge in [0.2, 0.25) is 4.77 Å². The average Bonchev–Trinajstić information content (AvgIpc) is 2.90. The fraction of sp³-hybridized carbons (Fsp3) is 0.375. The van der Waals surface area contributed by atoms with Gasteiger partial charge >= 0.3 is 0 Å². The van der Waals surface area contributed by atoms with Crippen LogP contribution in [0.25, 0.3) is 5.95 Å². The van der Waals surface area contributed by atoms with Crippen molar-refractivity contribution in [3.05, 3.63) is 45.9 Å². The second kappa shape index (κ2) is 5.55. The molecule has 24 heavy (non-hydrogen) atoms. The molecule has 0 unspecified atom stereocenters. The van der Waals surface area contributed by atoms with E-state index < -0.39 is 0 Å². The first-order valence-electron chi connectivity index (χ1n) is 7.88. The number of aryl methyl sites for hydroxylation is 2. The molecular weight excluding hydrogens is 324 g/mol. The van der Waals surface area contributed by atoms with Crippen molar-refractivity contribution in [1.82, 2.24) is 24.7 Å². The molecule has 0 spiro atoms. The van der Waals surface area contributed by atoms with E-state index in [-0.39, 0.29) is 0 Å². The van der Waals surface area contributed by atoms with Crippen LogP contribution in [0.15, 0.2) is 27.7 Å². The monoisotopic (exact) mass is 342 g/mol. The molecule has 1 aliphatic carbocycles. The molecule has 1 aliphatic rings. The third-order valence-corrected chi connectivity index (χ3v) is 4.52. The molecule has 7 nitrogen and oxygen atoms in total. The molecule has 1 N–H and O–H groups in total. The van der Waals surface area contributed by atoms with Crippen LogP contribution in [0.3, 0.4) is 0 Å². The van der Waals surface area contributed by atoms with Crippen LogP contribution in [0, 0.1) is 24.5 Å². The molecule has 2 atom stereocenters. The fourth-order valence-corrected chi connectivity index (χ4v) is 3.00. The van der Waals surface area contributed by atoms with Crippen LogP contribution < -0.4 is 0 Å². The van der Waals surface area contributed by atoms with Gasteiger partial charge in [-0.1, -0.05) is 6.92 Å². The third-order valence-electron chi connectivity index (χ3n) is 4.26. The number of H-pyrrole nitrogens is 1. The molecule has 0 aliphatic heterocycles. The molecule has 0 amide bonds. The van der Waals surface area contributed by atoms with Crippen molar-refractivity contribution in [3.8, 4) is 5.95 Å². The topological polar surface area (TPSA) is 76.9 Å². The van der Waals surface area contributed by atoms with Crippen LogP contribution in [0.1, 0.15) is 42.2 Å². The lowest BCUT2D eigenvalue weighted by atomic mass is 10.3. The van der Waals surface area contributed by atoms with Gasteiger partial charge in [-0.2, -0.15) is 14.9 Å². The first kappa shape index (κ1) is 15.1. The summed E-state index contributed by atoms with van der Waals surface area (Å²) < 4.78 is 9.48. The van der Waals surface area contributed by atoms with Gasteiger partial charge < -0.3 is 4.42 Å². The van der Waals surface area contributed by atoms with Gasteiger partial charge in [-0.15, -0.1) is 5.10 Å². The lowest BCUT2D eigenvalue weighted by Gasteiger charge is -2.02. The summed E-state index contributed by atoms with van der Waals surface area (Å²) in [6.45, 7) is 6.12. The molecule has 3 aromatic heterocycles. The van der Waals surface area contributed by atoms with E-state index in [9.17, 15) is 0 Å². The van der Waals surface area contributed by atoms with Gasteiger partial charge in [0.25, 0.3) is 5.95 Å². The highest BCUT2D eigenvalue weighted by Gasteiger charge is 2.36. The van der Waals surface area contributed by atoms with Crippen LogP contribution in [0.4, 0.5) is 0 Å². The van der Waals surface area contributed by atoms with Crippen LogP contribution in [0.5, 0.6) is 0 Å². The predicted molar refractivity (Wildman–Crippen MR) is 92.2 cm³/mol. The lowest BCUT2D eigenvalue weighted by molar-refractivity contribution is 0.500. The van der Waals surface area contributed by atoms with Crippen molar-refractivity contribution < 1.29 is 4.42 Å². The van der Waals surface area contributed by atoms with Crippen molar-refractivity contribution in [1.29, 1.82) is 0 Å². The van der Waals surface area contributed by atoms with E-state index in [2.05, 4.69) is 27.3 Å². The van der Waals surface area contributed by atoms with Crippen molar-refractivity contribution in [2.75, 3.05) is 0 Å². The quantitative estimate of drug-likeness (QED) is 0.583. The molecule has 0 bridgehead atoms. The van der Waals surface area contributed by atoms with Crippen molar-refractivity contribution >= 4 is 18.4 Å². The first-order chi connectivity index (χ1) is 11.5. The Labute approximate surface area is 144 Å². The molecule has 0 radical (unpaired) electrons. The molecule has 1 saturated carbocycles. The zero-order valence-electron chi connectivity index (χ0n) is 13.7. The standard InChI is InChI=1S/C16H18N6OS/c1-9-6-13(9)14-5-4-12(23-14)8-17-22-15(18-19-16(22)24)21-11(3)7-10(2)20-21/h4-5,7-9,13H,6H2,1-3H3,(H,19,24)/b17-8-/t9-,13+/m0/s1. The van der Waals surface area contributed by atoms with Crippen LogP contribution in [-0.2, 0) is 0 Å². The summed E-state index contributed by atoms with van der Waals surface area (Å²) in [6, 6.07) is 5.92. The number of furan rings is 1.